The Kier molecular flexibility index (Phi) is 5.80. The van der Waals surface area contributed by atoms with Crippen molar-refractivity contribution in [3.63, 3.8) is 0 Å². The van der Waals surface area contributed by atoms with Crippen molar-refractivity contribution >= 4 is 40.6 Å². The molecule has 1 atom stereocenters. The Balaban J connectivity index is 1.94. The third kappa shape index (κ3) is 4.00. The van der Waals surface area contributed by atoms with Crippen LogP contribution in [0.25, 0.3) is 0 Å². The molecule has 1 aromatic heterocycles. The molecule has 0 bridgehead atoms. The van der Waals surface area contributed by atoms with Crippen molar-refractivity contribution in [3.05, 3.63) is 62.9 Å². The van der Waals surface area contributed by atoms with Crippen LogP contribution in [0.4, 0.5) is 10.5 Å². The van der Waals surface area contributed by atoms with E-state index in [4.69, 9.17) is 16.3 Å². The van der Waals surface area contributed by atoms with Gasteiger partial charge in [0.1, 0.15) is 0 Å². The molecule has 2 aromatic rings. The van der Waals surface area contributed by atoms with Gasteiger partial charge in [-0.1, -0.05) is 29.8 Å². The number of carbonyl (C=O) groups excluding carboxylic acids is 2. The number of hydrogen-bond donors (Lipinski definition) is 3. The number of halogens is 1. The predicted octanol–water partition coefficient (Wildman–Crippen LogP) is 3.68. The Hall–Kier alpha value is -2.51. The summed E-state index contributed by atoms with van der Waals surface area (Å²) in [4.78, 5) is 25.6. The zero-order valence-corrected chi connectivity index (χ0v) is 15.6. The molecule has 0 saturated carbocycles. The van der Waals surface area contributed by atoms with Crippen LogP contribution in [0.15, 0.2) is 53.0 Å². The summed E-state index contributed by atoms with van der Waals surface area (Å²) in [5.41, 5.74) is 1.56. The van der Waals surface area contributed by atoms with E-state index >= 15 is 0 Å². The molecule has 1 aromatic carbocycles. The van der Waals surface area contributed by atoms with Gasteiger partial charge in [-0.05, 0) is 30.5 Å². The van der Waals surface area contributed by atoms with E-state index in [9.17, 15) is 9.59 Å². The summed E-state index contributed by atoms with van der Waals surface area (Å²) in [5, 5.41) is 11.1. The van der Waals surface area contributed by atoms with E-state index in [1.54, 1.807) is 13.0 Å². The molecule has 1 aliphatic heterocycles. The fourth-order valence-corrected chi connectivity index (χ4v) is 3.65. The lowest BCUT2D eigenvalue weighted by molar-refractivity contribution is -0.139. The van der Waals surface area contributed by atoms with Gasteiger partial charge in [0.25, 0.3) is 0 Å². The number of urea groups is 1. The molecule has 0 fully saturated rings. The van der Waals surface area contributed by atoms with Crippen LogP contribution in [0.5, 0.6) is 0 Å². The smallest absolute Gasteiger partial charge is 0.338 e. The van der Waals surface area contributed by atoms with Gasteiger partial charge in [-0.15, -0.1) is 11.3 Å². The summed E-state index contributed by atoms with van der Waals surface area (Å²) in [6.07, 6.45) is 0. The van der Waals surface area contributed by atoms with Gasteiger partial charge in [-0.25, -0.2) is 9.59 Å². The van der Waals surface area contributed by atoms with Crippen LogP contribution < -0.4 is 16.0 Å². The molecular formula is C18H18ClN3O3S. The van der Waals surface area contributed by atoms with Gasteiger partial charge in [0.15, 0.2) is 0 Å². The number of carbonyl (C=O) groups is 2. The van der Waals surface area contributed by atoms with Crippen molar-refractivity contribution in [1.82, 2.24) is 10.6 Å². The first-order valence-corrected chi connectivity index (χ1v) is 9.35. The second-order valence-corrected chi connectivity index (χ2v) is 6.88. The van der Waals surface area contributed by atoms with E-state index in [-0.39, 0.29) is 19.2 Å². The van der Waals surface area contributed by atoms with E-state index in [1.807, 2.05) is 35.7 Å². The van der Waals surface area contributed by atoms with Crippen LogP contribution in [0, 0.1) is 0 Å². The highest BCUT2D eigenvalue weighted by molar-refractivity contribution is 7.10. The van der Waals surface area contributed by atoms with Gasteiger partial charge in [0.05, 0.1) is 41.2 Å². The maximum atomic E-state index is 12.6. The molecule has 136 valence electrons. The average Bonchev–Trinajstić information content (AvgIpc) is 3.15. The zero-order chi connectivity index (χ0) is 18.5. The second-order valence-electron chi connectivity index (χ2n) is 5.49. The minimum atomic E-state index is -0.550. The maximum absolute atomic E-state index is 12.6. The zero-order valence-electron chi connectivity index (χ0n) is 14.0. The topological polar surface area (TPSA) is 79.5 Å². The van der Waals surface area contributed by atoms with Crippen molar-refractivity contribution < 1.29 is 14.3 Å². The van der Waals surface area contributed by atoms with Crippen LogP contribution in [0.2, 0.25) is 5.02 Å². The van der Waals surface area contributed by atoms with Crippen molar-refractivity contribution in [2.45, 2.75) is 13.0 Å². The van der Waals surface area contributed by atoms with E-state index in [0.29, 0.717) is 22.0 Å². The SMILES string of the molecule is CCOC(=O)C1=C(CNc2ccccc2Cl)NC(=O)NC1c1cccs1. The number of thiophene rings is 1. The lowest BCUT2D eigenvalue weighted by Crippen LogP contribution is -2.47. The highest BCUT2D eigenvalue weighted by Crippen LogP contribution is 2.31. The lowest BCUT2D eigenvalue weighted by Gasteiger charge is -2.28. The second kappa shape index (κ2) is 8.25. The molecule has 6 nitrogen and oxygen atoms in total. The van der Waals surface area contributed by atoms with E-state index < -0.39 is 12.0 Å². The molecule has 3 rings (SSSR count). The van der Waals surface area contributed by atoms with Crippen LogP contribution in [-0.4, -0.2) is 25.2 Å². The predicted molar refractivity (Wildman–Crippen MR) is 102 cm³/mol. The summed E-state index contributed by atoms with van der Waals surface area (Å²) < 4.78 is 5.21. The molecular weight excluding hydrogens is 374 g/mol. The molecule has 2 heterocycles. The fourth-order valence-electron chi connectivity index (χ4n) is 2.66. The number of ether oxygens (including phenoxy) is 1. The van der Waals surface area contributed by atoms with Crippen LogP contribution in [-0.2, 0) is 9.53 Å². The average molecular weight is 392 g/mol. The quantitative estimate of drug-likeness (QED) is 0.656. The first-order chi connectivity index (χ1) is 12.6. The van der Waals surface area contributed by atoms with Crippen molar-refractivity contribution in [2.75, 3.05) is 18.5 Å². The Morgan fingerprint density at radius 3 is 2.81 bits per heavy atom. The monoisotopic (exact) mass is 391 g/mol. The third-order valence-corrected chi connectivity index (χ3v) is 5.07. The van der Waals surface area contributed by atoms with E-state index in [2.05, 4.69) is 16.0 Å². The standard InChI is InChI=1S/C18H18ClN3O3S/c1-2-25-17(23)15-13(10-20-12-7-4-3-6-11(12)19)21-18(24)22-16(15)14-8-5-9-26-14/h3-9,16,20H,2,10H2,1H3,(H2,21,22,24). The molecule has 1 aliphatic rings. The summed E-state index contributed by atoms with van der Waals surface area (Å²) in [6, 6.07) is 10.1. The molecule has 0 radical (unpaired) electrons. The Bertz CT molecular complexity index is 836. The molecule has 3 N–H and O–H groups in total. The Morgan fingerprint density at radius 2 is 2.12 bits per heavy atom. The van der Waals surface area contributed by atoms with E-state index in [0.717, 1.165) is 4.88 Å². The molecule has 8 heteroatoms. The van der Waals surface area contributed by atoms with Crippen LogP contribution in [0.1, 0.15) is 17.8 Å². The van der Waals surface area contributed by atoms with Crippen LogP contribution in [0.3, 0.4) is 0 Å². The largest absolute Gasteiger partial charge is 0.463 e. The number of amides is 2. The highest BCUT2D eigenvalue weighted by Gasteiger charge is 2.34. The van der Waals surface area contributed by atoms with Gasteiger partial charge in [-0.2, -0.15) is 0 Å². The first kappa shape index (κ1) is 18.3. The number of esters is 1. The minimum Gasteiger partial charge on any atom is -0.463 e. The maximum Gasteiger partial charge on any atom is 0.338 e. The third-order valence-electron chi connectivity index (χ3n) is 3.81. The van der Waals surface area contributed by atoms with Gasteiger partial charge >= 0.3 is 12.0 Å². The summed E-state index contributed by atoms with van der Waals surface area (Å²) in [7, 11) is 0. The lowest BCUT2D eigenvalue weighted by atomic mass is 10.0. The van der Waals surface area contributed by atoms with Gasteiger partial charge in [0, 0.05) is 4.88 Å². The number of para-hydroxylation sites is 1. The molecule has 0 saturated heterocycles. The Labute approximate surface area is 160 Å². The number of rotatable bonds is 6. The molecule has 0 aliphatic carbocycles. The first-order valence-electron chi connectivity index (χ1n) is 8.09. The van der Waals surface area contributed by atoms with Gasteiger partial charge < -0.3 is 20.7 Å². The van der Waals surface area contributed by atoms with Crippen molar-refractivity contribution in [1.29, 1.82) is 0 Å². The van der Waals surface area contributed by atoms with Crippen molar-refractivity contribution in [3.8, 4) is 0 Å². The molecule has 2 amide bonds. The molecule has 26 heavy (non-hydrogen) atoms. The van der Waals surface area contributed by atoms with Crippen LogP contribution >= 0.6 is 22.9 Å². The van der Waals surface area contributed by atoms with Gasteiger partial charge in [-0.3, -0.25) is 0 Å². The van der Waals surface area contributed by atoms with Crippen molar-refractivity contribution in [2.24, 2.45) is 0 Å². The fraction of sp³-hybridized carbons (Fsp3) is 0.222. The van der Waals surface area contributed by atoms with E-state index in [1.165, 1.54) is 11.3 Å². The normalized spacial score (nSPS) is 16.7. The summed E-state index contributed by atoms with van der Waals surface area (Å²) in [6.45, 7) is 2.22. The number of nitrogens with one attached hydrogen (secondary N) is 3. The highest BCUT2D eigenvalue weighted by atomic mass is 35.5. The minimum absolute atomic E-state index is 0.229. The number of hydrogen-bond acceptors (Lipinski definition) is 5. The number of anilines is 1. The Morgan fingerprint density at radius 1 is 1.31 bits per heavy atom. The summed E-state index contributed by atoms with van der Waals surface area (Å²) >= 11 is 7.62. The summed E-state index contributed by atoms with van der Waals surface area (Å²) in [5.74, 6) is -0.464. The van der Waals surface area contributed by atoms with Gasteiger partial charge in [0.2, 0.25) is 0 Å². The molecule has 0 spiro atoms. The number of benzene rings is 1. The molecule has 1 unspecified atom stereocenters.